The maximum atomic E-state index is 12.3. The van der Waals surface area contributed by atoms with E-state index in [1.54, 1.807) is 11.8 Å². The van der Waals surface area contributed by atoms with Crippen LogP contribution >= 0.6 is 27.7 Å². The molecule has 0 aromatic heterocycles. The van der Waals surface area contributed by atoms with Crippen LogP contribution in [0.3, 0.4) is 0 Å². The van der Waals surface area contributed by atoms with Crippen LogP contribution < -0.4 is 4.90 Å². The van der Waals surface area contributed by atoms with Gasteiger partial charge in [-0.15, -0.1) is 11.8 Å². The minimum Gasteiger partial charge on any atom is -0.295 e. The van der Waals surface area contributed by atoms with Gasteiger partial charge in [-0.1, -0.05) is 45.8 Å². The number of carbonyl (C=O) groups is 1. The molecule has 2 aromatic carbocycles. The fourth-order valence-corrected chi connectivity index (χ4v) is 3.88. The smallest absolute Gasteiger partial charge is 0.238 e. The van der Waals surface area contributed by atoms with E-state index in [-0.39, 0.29) is 11.3 Å². The van der Waals surface area contributed by atoms with Gasteiger partial charge >= 0.3 is 0 Å². The Hall–Kier alpha value is -1.26. The lowest BCUT2D eigenvalue weighted by Crippen LogP contribution is -2.27. The van der Waals surface area contributed by atoms with Gasteiger partial charge in [-0.2, -0.15) is 0 Å². The second-order valence-electron chi connectivity index (χ2n) is 5.27. The Balaban J connectivity index is 1.99. The zero-order valence-electron chi connectivity index (χ0n) is 12.0. The van der Waals surface area contributed by atoms with E-state index in [0.717, 1.165) is 15.7 Å². The summed E-state index contributed by atoms with van der Waals surface area (Å²) >= 11 is 5.20. The van der Waals surface area contributed by atoms with Crippen LogP contribution in [0.5, 0.6) is 0 Å². The molecule has 0 saturated carbocycles. The molecule has 108 valence electrons. The first-order valence-electron chi connectivity index (χ1n) is 6.82. The predicted molar refractivity (Wildman–Crippen MR) is 92.7 cm³/mol. The molecule has 21 heavy (non-hydrogen) atoms. The van der Waals surface area contributed by atoms with Gasteiger partial charge in [-0.05, 0) is 43.2 Å². The van der Waals surface area contributed by atoms with Crippen molar-refractivity contribution in [2.45, 2.75) is 19.2 Å². The lowest BCUT2D eigenvalue weighted by Gasteiger charge is -2.25. The second kappa shape index (κ2) is 5.85. The Kier molecular flexibility index (Phi) is 4.09. The van der Waals surface area contributed by atoms with Crippen molar-refractivity contribution in [1.82, 2.24) is 0 Å². The van der Waals surface area contributed by atoms with Crippen molar-refractivity contribution in [2.24, 2.45) is 0 Å². The molecule has 0 N–H and O–H groups in total. The Bertz CT molecular complexity index is 684. The third-order valence-electron chi connectivity index (χ3n) is 3.65. The van der Waals surface area contributed by atoms with Crippen molar-refractivity contribution in [3.63, 3.8) is 0 Å². The number of carbonyl (C=O) groups excluding carboxylic acids is 1. The number of amides is 1. The number of hydrogen-bond acceptors (Lipinski definition) is 2. The Labute approximate surface area is 137 Å². The monoisotopic (exact) mass is 361 g/mol. The van der Waals surface area contributed by atoms with Crippen LogP contribution in [-0.4, -0.2) is 11.7 Å². The molecule has 0 spiro atoms. The number of thioether (sulfide) groups is 1. The SMILES string of the molecule is Cc1ccc([C@H]2SCC(=O)N2c2ccc(Br)c(C)c2)cc1. The highest BCUT2D eigenvalue weighted by Crippen LogP contribution is 2.42. The third-order valence-corrected chi connectivity index (χ3v) is 5.75. The summed E-state index contributed by atoms with van der Waals surface area (Å²) < 4.78 is 1.07. The van der Waals surface area contributed by atoms with Crippen LogP contribution in [0.2, 0.25) is 0 Å². The molecular formula is C17H16BrNOS. The van der Waals surface area contributed by atoms with Crippen LogP contribution in [0.15, 0.2) is 46.9 Å². The summed E-state index contributed by atoms with van der Waals surface area (Å²) in [7, 11) is 0. The zero-order chi connectivity index (χ0) is 15.0. The molecule has 1 atom stereocenters. The predicted octanol–water partition coefficient (Wildman–Crippen LogP) is 4.84. The Morgan fingerprint density at radius 2 is 1.86 bits per heavy atom. The fourth-order valence-electron chi connectivity index (χ4n) is 2.46. The molecule has 0 bridgehead atoms. The van der Waals surface area contributed by atoms with Crippen LogP contribution in [0.1, 0.15) is 22.1 Å². The van der Waals surface area contributed by atoms with E-state index in [0.29, 0.717) is 5.75 Å². The van der Waals surface area contributed by atoms with Gasteiger partial charge in [0.2, 0.25) is 5.91 Å². The van der Waals surface area contributed by atoms with Gasteiger partial charge in [0.15, 0.2) is 0 Å². The number of anilines is 1. The molecule has 1 aliphatic rings. The molecule has 1 amide bonds. The summed E-state index contributed by atoms with van der Waals surface area (Å²) in [5, 5.41) is 0.0682. The minimum absolute atomic E-state index is 0.0682. The van der Waals surface area contributed by atoms with Gasteiger partial charge < -0.3 is 0 Å². The minimum atomic E-state index is 0.0682. The van der Waals surface area contributed by atoms with Crippen LogP contribution in [0.4, 0.5) is 5.69 Å². The molecule has 2 nitrogen and oxygen atoms in total. The lowest BCUT2D eigenvalue weighted by molar-refractivity contribution is -0.115. The summed E-state index contributed by atoms with van der Waals surface area (Å²) in [6.45, 7) is 4.12. The van der Waals surface area contributed by atoms with Gasteiger partial charge in [0.1, 0.15) is 5.37 Å². The van der Waals surface area contributed by atoms with Crippen molar-refractivity contribution in [3.8, 4) is 0 Å². The largest absolute Gasteiger partial charge is 0.295 e. The van der Waals surface area contributed by atoms with Crippen molar-refractivity contribution < 1.29 is 4.79 Å². The third kappa shape index (κ3) is 2.87. The van der Waals surface area contributed by atoms with E-state index >= 15 is 0 Å². The second-order valence-corrected chi connectivity index (χ2v) is 7.19. The maximum absolute atomic E-state index is 12.3. The van der Waals surface area contributed by atoms with E-state index in [4.69, 9.17) is 0 Å². The quantitative estimate of drug-likeness (QED) is 0.762. The Morgan fingerprint density at radius 1 is 1.14 bits per heavy atom. The van der Waals surface area contributed by atoms with E-state index in [1.807, 2.05) is 24.0 Å². The van der Waals surface area contributed by atoms with Gasteiger partial charge in [-0.25, -0.2) is 0 Å². The van der Waals surface area contributed by atoms with E-state index in [1.165, 1.54) is 11.1 Å². The standard InChI is InChI=1S/C17H16BrNOS/c1-11-3-5-13(6-4-11)17-19(16(20)10-21-17)14-7-8-15(18)12(2)9-14/h3-9,17H,10H2,1-2H3/t17-/m1/s1. The molecule has 1 aliphatic heterocycles. The lowest BCUT2D eigenvalue weighted by atomic mass is 10.1. The molecule has 0 radical (unpaired) electrons. The van der Waals surface area contributed by atoms with Crippen LogP contribution in [-0.2, 0) is 4.79 Å². The van der Waals surface area contributed by atoms with Gasteiger partial charge in [-0.3, -0.25) is 9.69 Å². The number of halogens is 1. The molecule has 4 heteroatoms. The van der Waals surface area contributed by atoms with Gasteiger partial charge in [0.25, 0.3) is 0 Å². The van der Waals surface area contributed by atoms with Crippen molar-refractivity contribution in [2.75, 3.05) is 10.7 Å². The van der Waals surface area contributed by atoms with Crippen molar-refractivity contribution >= 4 is 39.3 Å². The van der Waals surface area contributed by atoms with E-state index in [9.17, 15) is 4.79 Å². The van der Waals surface area contributed by atoms with Crippen molar-refractivity contribution in [3.05, 3.63) is 63.6 Å². The normalized spacial score (nSPS) is 18.3. The van der Waals surface area contributed by atoms with Gasteiger partial charge in [0, 0.05) is 10.2 Å². The summed E-state index contributed by atoms with van der Waals surface area (Å²) in [5.41, 5.74) is 4.52. The van der Waals surface area contributed by atoms with E-state index < -0.39 is 0 Å². The molecule has 2 aromatic rings. The van der Waals surface area contributed by atoms with Gasteiger partial charge in [0.05, 0.1) is 5.75 Å². The number of aryl methyl sites for hydroxylation is 2. The average Bonchev–Trinajstić information content (AvgIpc) is 2.85. The van der Waals surface area contributed by atoms with Crippen LogP contribution in [0, 0.1) is 13.8 Å². The molecule has 0 aliphatic carbocycles. The number of rotatable bonds is 2. The summed E-state index contributed by atoms with van der Waals surface area (Å²) in [4.78, 5) is 14.2. The summed E-state index contributed by atoms with van der Waals surface area (Å²) in [5.74, 6) is 0.709. The average molecular weight is 362 g/mol. The summed E-state index contributed by atoms with van der Waals surface area (Å²) in [6.07, 6.45) is 0. The first kappa shape index (κ1) is 14.7. The molecule has 1 heterocycles. The molecule has 0 unspecified atom stereocenters. The Morgan fingerprint density at radius 3 is 2.52 bits per heavy atom. The molecule has 1 saturated heterocycles. The summed E-state index contributed by atoms with van der Waals surface area (Å²) in [6, 6.07) is 14.5. The topological polar surface area (TPSA) is 20.3 Å². The van der Waals surface area contributed by atoms with Crippen molar-refractivity contribution in [1.29, 1.82) is 0 Å². The number of hydrogen-bond donors (Lipinski definition) is 0. The highest BCUT2D eigenvalue weighted by molar-refractivity contribution is 9.10. The van der Waals surface area contributed by atoms with E-state index in [2.05, 4.69) is 53.2 Å². The number of nitrogens with zero attached hydrogens (tertiary/aromatic N) is 1. The molecular weight excluding hydrogens is 346 g/mol. The number of benzene rings is 2. The molecule has 3 rings (SSSR count). The van der Waals surface area contributed by atoms with Crippen LogP contribution in [0.25, 0.3) is 0 Å². The fraction of sp³-hybridized carbons (Fsp3) is 0.235. The zero-order valence-corrected chi connectivity index (χ0v) is 14.4. The maximum Gasteiger partial charge on any atom is 0.238 e. The highest BCUT2D eigenvalue weighted by Gasteiger charge is 2.34. The molecule has 1 fully saturated rings. The highest BCUT2D eigenvalue weighted by atomic mass is 79.9. The first-order valence-corrected chi connectivity index (χ1v) is 8.67. The first-order chi connectivity index (χ1) is 10.1.